The number of hydrogen-bond donors (Lipinski definition) is 2. The lowest BCUT2D eigenvalue weighted by Gasteiger charge is -2.26. The van der Waals surface area contributed by atoms with Crippen LogP contribution in [0.3, 0.4) is 0 Å². The number of aromatic amines is 1. The van der Waals surface area contributed by atoms with E-state index < -0.39 is 5.69 Å². The first-order chi connectivity index (χ1) is 25.3. The molecular formula is C43H42N4O5. The molecule has 264 valence electrons. The Bertz CT molecular complexity index is 2160. The molecular weight excluding hydrogens is 652 g/mol. The first-order valence-electron chi connectivity index (χ1n) is 17.3. The summed E-state index contributed by atoms with van der Waals surface area (Å²) in [5.41, 5.74) is 7.64. The van der Waals surface area contributed by atoms with Crippen LogP contribution in [0, 0.1) is 6.92 Å². The molecule has 2 N–H and O–H groups in total. The van der Waals surface area contributed by atoms with Gasteiger partial charge in [-0.2, -0.15) is 0 Å². The first-order valence-corrected chi connectivity index (χ1v) is 17.3. The number of allylic oxidation sites excluding steroid dienone is 1. The van der Waals surface area contributed by atoms with Gasteiger partial charge in [0.25, 0.3) is 5.56 Å². The van der Waals surface area contributed by atoms with Crippen molar-refractivity contribution < 1.29 is 14.3 Å². The average molecular weight is 695 g/mol. The van der Waals surface area contributed by atoms with Crippen molar-refractivity contribution in [3.05, 3.63) is 188 Å². The summed E-state index contributed by atoms with van der Waals surface area (Å²) in [5.74, 6) is 1.46. The van der Waals surface area contributed by atoms with E-state index in [1.54, 1.807) is 18.0 Å². The van der Waals surface area contributed by atoms with Crippen LogP contribution < -0.4 is 26.0 Å². The maximum Gasteiger partial charge on any atom is 0.328 e. The predicted molar refractivity (Wildman–Crippen MR) is 205 cm³/mol. The Labute approximate surface area is 303 Å². The predicted octanol–water partition coefficient (Wildman–Crippen LogP) is 7.53. The first kappa shape index (κ1) is 35.5. The zero-order valence-corrected chi connectivity index (χ0v) is 29.4. The van der Waals surface area contributed by atoms with E-state index in [-0.39, 0.29) is 11.6 Å². The molecule has 0 fully saturated rings. The second-order valence-corrected chi connectivity index (χ2v) is 12.6. The van der Waals surface area contributed by atoms with Gasteiger partial charge in [0.15, 0.2) is 0 Å². The largest absolute Gasteiger partial charge is 0.494 e. The van der Waals surface area contributed by atoms with Crippen LogP contribution in [0.1, 0.15) is 47.6 Å². The fraction of sp³-hybridized carbons (Fsp3) is 0.186. The Hall–Kier alpha value is -6.35. The molecule has 1 aliphatic rings. The molecule has 5 aromatic rings. The molecule has 0 aliphatic carbocycles. The minimum absolute atomic E-state index is 0.179. The van der Waals surface area contributed by atoms with Crippen molar-refractivity contribution in [1.82, 2.24) is 19.8 Å². The number of carbonyl (C=O) groups excluding carboxylic acids is 1. The summed E-state index contributed by atoms with van der Waals surface area (Å²) in [4.78, 5) is 40.1. The molecule has 6 rings (SSSR count). The number of ether oxygens (including phenoxy) is 2. The van der Waals surface area contributed by atoms with Gasteiger partial charge in [0, 0.05) is 36.7 Å². The molecule has 0 unspecified atom stereocenters. The number of carbonyl (C=O) groups is 1. The third kappa shape index (κ3) is 8.68. The lowest BCUT2D eigenvalue weighted by molar-refractivity contribution is 0.210. The molecule has 0 saturated carbocycles. The van der Waals surface area contributed by atoms with E-state index in [0.29, 0.717) is 50.4 Å². The summed E-state index contributed by atoms with van der Waals surface area (Å²) in [5, 5.41) is 2.78. The molecule has 4 aromatic carbocycles. The minimum Gasteiger partial charge on any atom is -0.494 e. The molecule has 1 aliphatic heterocycles. The molecule has 0 saturated heterocycles. The van der Waals surface area contributed by atoms with Crippen LogP contribution in [-0.2, 0) is 6.54 Å². The Morgan fingerprint density at radius 1 is 0.654 bits per heavy atom. The number of urea groups is 1. The zero-order chi connectivity index (χ0) is 36.5. The van der Waals surface area contributed by atoms with Crippen LogP contribution in [0.2, 0.25) is 0 Å². The number of H-pyrrole nitrogens is 1. The molecule has 0 radical (unpaired) electrons. The Morgan fingerprint density at radius 2 is 1.13 bits per heavy atom. The van der Waals surface area contributed by atoms with Crippen LogP contribution in [0.15, 0.2) is 149 Å². The van der Waals surface area contributed by atoms with E-state index >= 15 is 0 Å². The van der Waals surface area contributed by atoms with Crippen molar-refractivity contribution in [2.75, 3.05) is 19.8 Å². The number of rotatable bonds is 14. The van der Waals surface area contributed by atoms with Crippen LogP contribution in [-0.4, -0.2) is 40.2 Å². The van der Waals surface area contributed by atoms with Crippen LogP contribution in [0.4, 0.5) is 4.79 Å². The van der Waals surface area contributed by atoms with E-state index in [2.05, 4.69) is 65.4 Å². The number of nitrogens with one attached hydrogen (secondary N) is 2. The highest BCUT2D eigenvalue weighted by atomic mass is 16.5. The Balaban J connectivity index is 1.22. The SMILES string of the molecule is C=C1NC(=O)N(CCCOc2ccc(C(=C(c3ccccc3)c3ccccc3)c3ccc(OCCCn4cc(C)c(=O)[nH]c4=O)cc3)cc2)C=C1C. The molecule has 9 heteroatoms. The van der Waals surface area contributed by atoms with E-state index in [0.717, 1.165) is 50.5 Å². The van der Waals surface area contributed by atoms with E-state index in [1.807, 2.05) is 73.8 Å². The average Bonchev–Trinajstić information content (AvgIpc) is 3.16. The smallest absolute Gasteiger partial charge is 0.328 e. The van der Waals surface area contributed by atoms with Crippen LogP contribution >= 0.6 is 0 Å². The molecule has 0 spiro atoms. The van der Waals surface area contributed by atoms with Gasteiger partial charge in [-0.3, -0.25) is 9.78 Å². The fourth-order valence-electron chi connectivity index (χ4n) is 6.03. The third-order valence-electron chi connectivity index (χ3n) is 8.82. The van der Waals surface area contributed by atoms with Crippen molar-refractivity contribution in [1.29, 1.82) is 0 Å². The summed E-state index contributed by atoms with van der Waals surface area (Å²) in [6.07, 6.45) is 4.66. The second kappa shape index (κ2) is 16.6. The van der Waals surface area contributed by atoms with Gasteiger partial charge < -0.3 is 24.3 Å². The maximum absolute atomic E-state index is 12.3. The number of nitrogens with zero attached hydrogens (tertiary/aromatic N) is 2. The monoisotopic (exact) mass is 694 g/mol. The van der Waals surface area contributed by atoms with Gasteiger partial charge in [-0.25, -0.2) is 9.59 Å². The summed E-state index contributed by atoms with van der Waals surface area (Å²) in [6, 6.07) is 36.8. The van der Waals surface area contributed by atoms with Crippen LogP contribution in [0.25, 0.3) is 11.1 Å². The van der Waals surface area contributed by atoms with Gasteiger partial charge in [-0.15, -0.1) is 0 Å². The van der Waals surface area contributed by atoms with Crippen molar-refractivity contribution in [3.63, 3.8) is 0 Å². The van der Waals surface area contributed by atoms with Gasteiger partial charge in [0.1, 0.15) is 11.5 Å². The van der Waals surface area contributed by atoms with Crippen molar-refractivity contribution in [2.24, 2.45) is 0 Å². The highest BCUT2D eigenvalue weighted by Crippen LogP contribution is 2.38. The highest BCUT2D eigenvalue weighted by molar-refractivity contribution is 6.04. The fourth-order valence-corrected chi connectivity index (χ4v) is 6.03. The summed E-state index contributed by atoms with van der Waals surface area (Å²) >= 11 is 0. The molecule has 9 nitrogen and oxygen atoms in total. The standard InChI is InChI=1S/C43H42N4O5/c1-30-28-46(42(49)44-32(30)3)24-10-26-51-37-20-16-35(17-21-37)40(39(33-12-6-4-7-13-33)34-14-8-5-9-15-34)36-18-22-38(23-19-36)52-27-11-25-47-29-31(2)41(48)45-43(47)50/h4-9,12-23,28-29H,3,10-11,24-27H2,1-2H3,(H,44,49)(H,45,48,50). The zero-order valence-electron chi connectivity index (χ0n) is 29.4. The molecule has 2 amide bonds. The third-order valence-corrected chi connectivity index (χ3v) is 8.82. The lowest BCUT2D eigenvalue weighted by Crippen LogP contribution is -2.40. The van der Waals surface area contributed by atoms with Crippen molar-refractivity contribution in [2.45, 2.75) is 33.2 Å². The summed E-state index contributed by atoms with van der Waals surface area (Å²) in [6.45, 7) is 9.29. The van der Waals surface area contributed by atoms with Crippen molar-refractivity contribution in [3.8, 4) is 11.5 Å². The van der Waals surface area contributed by atoms with Gasteiger partial charge in [0.05, 0.1) is 13.2 Å². The topological polar surface area (TPSA) is 106 Å². The van der Waals surface area contributed by atoms with Gasteiger partial charge in [0.2, 0.25) is 0 Å². The van der Waals surface area contributed by atoms with Crippen LogP contribution in [0.5, 0.6) is 11.5 Å². The number of amides is 2. The summed E-state index contributed by atoms with van der Waals surface area (Å²) in [7, 11) is 0. The van der Waals surface area contributed by atoms with Gasteiger partial charge >= 0.3 is 11.7 Å². The quantitative estimate of drug-likeness (QED) is 0.0924. The maximum atomic E-state index is 12.3. The van der Waals surface area contributed by atoms with E-state index in [1.165, 1.54) is 4.57 Å². The number of aryl methyl sites for hydroxylation is 2. The summed E-state index contributed by atoms with van der Waals surface area (Å²) < 4.78 is 13.6. The van der Waals surface area contributed by atoms with Crippen molar-refractivity contribution >= 4 is 17.2 Å². The molecule has 52 heavy (non-hydrogen) atoms. The molecule has 1 aromatic heterocycles. The van der Waals surface area contributed by atoms with E-state index in [9.17, 15) is 14.4 Å². The molecule has 2 heterocycles. The van der Waals surface area contributed by atoms with Gasteiger partial charge in [-0.1, -0.05) is 91.5 Å². The molecule has 0 atom stereocenters. The number of aromatic nitrogens is 2. The highest BCUT2D eigenvalue weighted by Gasteiger charge is 2.19. The minimum atomic E-state index is -0.422. The lowest BCUT2D eigenvalue weighted by atomic mass is 9.86. The number of benzene rings is 4. The number of hydrogen-bond acceptors (Lipinski definition) is 5. The van der Waals surface area contributed by atoms with E-state index in [4.69, 9.17) is 9.47 Å². The Morgan fingerprint density at radius 3 is 1.65 bits per heavy atom. The van der Waals surface area contributed by atoms with Gasteiger partial charge in [-0.05, 0) is 89.9 Å². The normalized spacial score (nSPS) is 12.6. The second-order valence-electron chi connectivity index (χ2n) is 12.6. The molecule has 0 bridgehead atoms. The Kier molecular flexibility index (Phi) is 11.3.